The number of nitrogens with zero attached hydrogens (tertiary/aromatic N) is 5. The summed E-state index contributed by atoms with van der Waals surface area (Å²) in [5.74, 6) is 1.54. The van der Waals surface area contributed by atoms with Gasteiger partial charge in [-0.15, -0.1) is 10.2 Å². The molecular weight excluding hydrogens is 400 g/mol. The van der Waals surface area contributed by atoms with E-state index in [0.717, 1.165) is 37.7 Å². The number of methoxy groups -OCH3 is 1. The average molecular weight is 425 g/mol. The molecule has 1 aliphatic rings. The van der Waals surface area contributed by atoms with Gasteiger partial charge in [0, 0.05) is 38.4 Å². The van der Waals surface area contributed by atoms with Crippen molar-refractivity contribution in [1.29, 1.82) is 0 Å². The van der Waals surface area contributed by atoms with Crippen molar-refractivity contribution in [1.82, 2.24) is 20.1 Å². The van der Waals surface area contributed by atoms with Crippen molar-refractivity contribution in [3.63, 3.8) is 0 Å². The van der Waals surface area contributed by atoms with Gasteiger partial charge in [0.1, 0.15) is 17.1 Å². The normalized spacial score (nSPS) is 15.6. The summed E-state index contributed by atoms with van der Waals surface area (Å²) >= 11 is 1.28. The van der Waals surface area contributed by atoms with E-state index in [1.807, 2.05) is 18.2 Å². The Labute approximate surface area is 179 Å². The summed E-state index contributed by atoms with van der Waals surface area (Å²) in [7, 11) is 1.70. The molecule has 8 nitrogen and oxygen atoms in total. The van der Waals surface area contributed by atoms with Crippen LogP contribution in [0.5, 0.6) is 5.75 Å². The van der Waals surface area contributed by atoms with Crippen molar-refractivity contribution >= 4 is 28.2 Å². The van der Waals surface area contributed by atoms with Crippen molar-refractivity contribution in [2.45, 2.75) is 13.0 Å². The maximum absolute atomic E-state index is 12.3. The lowest BCUT2D eigenvalue weighted by Gasteiger charge is -2.38. The quantitative estimate of drug-likeness (QED) is 0.651. The minimum Gasteiger partial charge on any atom is -0.497 e. The van der Waals surface area contributed by atoms with Crippen LogP contribution in [0.4, 0.5) is 10.9 Å². The van der Waals surface area contributed by atoms with Gasteiger partial charge in [-0.2, -0.15) is 0 Å². The molecule has 1 N–H and O–H groups in total. The Morgan fingerprint density at radius 2 is 2.03 bits per heavy atom. The second-order valence-electron chi connectivity index (χ2n) is 7.08. The summed E-state index contributed by atoms with van der Waals surface area (Å²) in [4.78, 5) is 21.5. The van der Waals surface area contributed by atoms with Gasteiger partial charge in [-0.25, -0.2) is 4.98 Å². The number of piperazine rings is 1. The van der Waals surface area contributed by atoms with Crippen LogP contribution in [0.1, 0.15) is 28.9 Å². The molecule has 156 valence electrons. The van der Waals surface area contributed by atoms with Crippen molar-refractivity contribution < 1.29 is 9.53 Å². The van der Waals surface area contributed by atoms with E-state index in [1.54, 1.807) is 24.9 Å². The van der Waals surface area contributed by atoms with Gasteiger partial charge < -0.3 is 9.64 Å². The van der Waals surface area contributed by atoms with E-state index < -0.39 is 0 Å². The van der Waals surface area contributed by atoms with Gasteiger partial charge in [0.25, 0.3) is 5.91 Å². The van der Waals surface area contributed by atoms with Crippen LogP contribution >= 0.6 is 11.3 Å². The number of rotatable bonds is 6. The number of benzene rings is 1. The number of hydrogen-bond donors (Lipinski definition) is 1. The van der Waals surface area contributed by atoms with Crippen LogP contribution in [0.3, 0.4) is 0 Å². The summed E-state index contributed by atoms with van der Waals surface area (Å²) in [6.07, 6.45) is 1.61. The minimum atomic E-state index is -0.234. The zero-order valence-electron chi connectivity index (χ0n) is 17.0. The van der Waals surface area contributed by atoms with Crippen molar-refractivity contribution in [2.75, 3.05) is 43.5 Å². The summed E-state index contributed by atoms with van der Waals surface area (Å²) < 4.78 is 5.35. The highest BCUT2D eigenvalue weighted by molar-refractivity contribution is 7.13. The lowest BCUT2D eigenvalue weighted by Crippen LogP contribution is -2.47. The third kappa shape index (κ3) is 4.58. The summed E-state index contributed by atoms with van der Waals surface area (Å²) in [5, 5.41) is 10.7. The van der Waals surface area contributed by atoms with Crippen LogP contribution in [-0.4, -0.2) is 59.3 Å². The van der Waals surface area contributed by atoms with E-state index in [2.05, 4.69) is 49.4 Å². The highest BCUT2D eigenvalue weighted by Crippen LogP contribution is 2.26. The number of aromatic nitrogens is 3. The number of anilines is 2. The lowest BCUT2D eigenvalue weighted by molar-refractivity contribution is 0.102. The van der Waals surface area contributed by atoms with E-state index in [4.69, 9.17) is 4.74 Å². The smallest absolute Gasteiger partial charge is 0.259 e. The molecule has 1 fully saturated rings. The first kappa shape index (κ1) is 20.2. The maximum Gasteiger partial charge on any atom is 0.259 e. The molecule has 0 aliphatic carbocycles. The topological polar surface area (TPSA) is 83.5 Å². The van der Waals surface area contributed by atoms with Crippen LogP contribution in [-0.2, 0) is 0 Å². The zero-order valence-corrected chi connectivity index (χ0v) is 17.8. The van der Waals surface area contributed by atoms with Gasteiger partial charge in [0.05, 0.1) is 12.7 Å². The molecule has 1 atom stereocenters. The monoisotopic (exact) mass is 424 g/mol. The van der Waals surface area contributed by atoms with Gasteiger partial charge in [-0.05, 0) is 36.8 Å². The van der Waals surface area contributed by atoms with E-state index in [0.29, 0.717) is 16.7 Å². The highest BCUT2D eigenvalue weighted by Gasteiger charge is 2.23. The Hall–Kier alpha value is -3.04. The fourth-order valence-electron chi connectivity index (χ4n) is 3.55. The van der Waals surface area contributed by atoms with Crippen LogP contribution in [0.2, 0.25) is 0 Å². The first-order valence-electron chi connectivity index (χ1n) is 9.80. The molecule has 1 saturated heterocycles. The van der Waals surface area contributed by atoms with Gasteiger partial charge in [0.15, 0.2) is 0 Å². The molecule has 1 aliphatic heterocycles. The molecule has 9 heteroatoms. The number of amides is 1. The molecular formula is C21H24N6O2S. The Bertz CT molecular complexity index is 971. The van der Waals surface area contributed by atoms with E-state index in [1.165, 1.54) is 16.9 Å². The van der Waals surface area contributed by atoms with Gasteiger partial charge in [-0.1, -0.05) is 23.5 Å². The Morgan fingerprint density at radius 1 is 1.20 bits per heavy atom. The van der Waals surface area contributed by atoms with Crippen molar-refractivity contribution in [3.8, 4) is 5.75 Å². The molecule has 3 heterocycles. The summed E-state index contributed by atoms with van der Waals surface area (Å²) in [6.45, 7) is 5.89. The van der Waals surface area contributed by atoms with E-state index in [-0.39, 0.29) is 5.91 Å². The van der Waals surface area contributed by atoms with Gasteiger partial charge in [0.2, 0.25) is 5.13 Å². The molecule has 4 rings (SSSR count). The Balaban J connectivity index is 1.34. The third-order valence-corrected chi connectivity index (χ3v) is 5.96. The Kier molecular flexibility index (Phi) is 6.20. The maximum atomic E-state index is 12.3. The Morgan fingerprint density at radius 3 is 2.70 bits per heavy atom. The molecule has 2 aromatic heterocycles. The number of carbonyl (C=O) groups is 1. The molecule has 0 spiro atoms. The summed E-state index contributed by atoms with van der Waals surface area (Å²) in [6, 6.07) is 12.3. The van der Waals surface area contributed by atoms with Crippen molar-refractivity contribution in [2.24, 2.45) is 0 Å². The minimum absolute atomic E-state index is 0.234. The molecule has 0 bridgehead atoms. The first-order chi connectivity index (χ1) is 14.6. The predicted octanol–water partition coefficient (Wildman–Crippen LogP) is 3.08. The third-order valence-electron chi connectivity index (χ3n) is 5.35. The second kappa shape index (κ2) is 9.19. The number of carbonyl (C=O) groups excluding carboxylic acids is 1. The zero-order chi connectivity index (χ0) is 20.9. The molecule has 1 amide bonds. The molecule has 3 aromatic rings. The molecule has 30 heavy (non-hydrogen) atoms. The molecule has 1 aromatic carbocycles. The molecule has 0 saturated carbocycles. The lowest BCUT2D eigenvalue weighted by atomic mass is 10.1. The van der Waals surface area contributed by atoms with Crippen LogP contribution < -0.4 is 15.0 Å². The van der Waals surface area contributed by atoms with Crippen molar-refractivity contribution in [3.05, 3.63) is 59.2 Å². The SMILES string of the molecule is COc1cccc(C(C)N2CCN(c3ccc(C(=O)Nc4nncs4)cn3)CC2)c1. The number of ether oxygens (including phenoxy) is 1. The predicted molar refractivity (Wildman–Crippen MR) is 117 cm³/mol. The fraction of sp³-hybridized carbons (Fsp3) is 0.333. The summed E-state index contributed by atoms with van der Waals surface area (Å²) in [5.41, 5.74) is 3.33. The van der Waals surface area contributed by atoms with Crippen LogP contribution in [0, 0.1) is 0 Å². The second-order valence-corrected chi connectivity index (χ2v) is 7.91. The highest BCUT2D eigenvalue weighted by atomic mass is 32.1. The first-order valence-corrected chi connectivity index (χ1v) is 10.7. The number of nitrogens with one attached hydrogen (secondary N) is 1. The largest absolute Gasteiger partial charge is 0.497 e. The number of hydrogen-bond acceptors (Lipinski definition) is 8. The van der Waals surface area contributed by atoms with E-state index >= 15 is 0 Å². The van der Waals surface area contributed by atoms with Crippen LogP contribution in [0.15, 0.2) is 48.1 Å². The van der Waals surface area contributed by atoms with Crippen LogP contribution in [0.25, 0.3) is 0 Å². The molecule has 0 radical (unpaired) electrons. The van der Waals surface area contributed by atoms with E-state index in [9.17, 15) is 4.79 Å². The fourth-order valence-corrected chi connectivity index (χ4v) is 3.99. The average Bonchev–Trinajstić information content (AvgIpc) is 3.32. The molecule has 1 unspecified atom stereocenters. The number of pyridine rings is 1. The standard InChI is InChI=1S/C21H24N6O2S/c1-15(16-4-3-5-18(12-16)29-2)26-8-10-27(11-9-26)19-7-6-17(13-22-19)20(28)24-21-25-23-14-30-21/h3-7,12-15H,8-11H2,1-2H3,(H,24,25,28). The van der Waals surface area contributed by atoms with Gasteiger partial charge in [-0.3, -0.25) is 15.0 Å². The van der Waals surface area contributed by atoms with Gasteiger partial charge >= 0.3 is 0 Å².